The van der Waals surface area contributed by atoms with Crippen molar-refractivity contribution in [1.82, 2.24) is 4.90 Å². The molecular formula is C15H19F2NO3. The summed E-state index contributed by atoms with van der Waals surface area (Å²) in [5, 5.41) is 9.44. The van der Waals surface area contributed by atoms with Crippen LogP contribution in [0, 0.1) is 0 Å². The van der Waals surface area contributed by atoms with E-state index in [0.29, 0.717) is 13.0 Å². The van der Waals surface area contributed by atoms with E-state index in [4.69, 9.17) is 0 Å². The van der Waals surface area contributed by atoms with Crippen molar-refractivity contribution in [3.8, 4) is 5.75 Å². The maximum absolute atomic E-state index is 12.1. The predicted octanol–water partition coefficient (Wildman–Crippen LogP) is 3.12. The van der Waals surface area contributed by atoms with Crippen molar-refractivity contribution in [2.45, 2.75) is 44.9 Å². The molecule has 6 heteroatoms. The molecule has 0 amide bonds. The van der Waals surface area contributed by atoms with E-state index in [2.05, 4.69) is 4.74 Å². The normalized spacial score (nSPS) is 23.2. The van der Waals surface area contributed by atoms with Crippen LogP contribution in [-0.4, -0.2) is 34.7 Å². The van der Waals surface area contributed by atoms with Crippen molar-refractivity contribution in [3.05, 3.63) is 29.8 Å². The minimum Gasteiger partial charge on any atom is -0.480 e. The second-order valence-electron chi connectivity index (χ2n) is 5.48. The Morgan fingerprint density at radius 1 is 1.38 bits per heavy atom. The number of carbonyl (C=O) groups is 1. The fraction of sp³-hybridized carbons (Fsp3) is 0.533. The summed E-state index contributed by atoms with van der Waals surface area (Å²) in [4.78, 5) is 13.4. The number of ether oxygens (including phenoxy) is 1. The van der Waals surface area contributed by atoms with Crippen LogP contribution in [0.1, 0.15) is 31.7 Å². The van der Waals surface area contributed by atoms with Crippen LogP contribution in [0.15, 0.2) is 24.3 Å². The van der Waals surface area contributed by atoms with Gasteiger partial charge in [0.15, 0.2) is 0 Å². The van der Waals surface area contributed by atoms with Crippen LogP contribution < -0.4 is 4.74 Å². The Hall–Kier alpha value is -1.69. The van der Waals surface area contributed by atoms with Crippen LogP contribution in [0.5, 0.6) is 5.75 Å². The molecule has 1 saturated heterocycles. The molecule has 0 spiro atoms. The smallest absolute Gasteiger partial charge is 0.387 e. The molecule has 1 heterocycles. The van der Waals surface area contributed by atoms with Crippen molar-refractivity contribution >= 4 is 5.97 Å². The van der Waals surface area contributed by atoms with Crippen LogP contribution in [-0.2, 0) is 11.3 Å². The Balaban J connectivity index is 2.07. The Morgan fingerprint density at radius 2 is 2.05 bits per heavy atom. The number of piperidine rings is 1. The van der Waals surface area contributed by atoms with Crippen molar-refractivity contribution < 1.29 is 23.4 Å². The number of hydrogen-bond acceptors (Lipinski definition) is 3. The van der Waals surface area contributed by atoms with Gasteiger partial charge in [-0.3, -0.25) is 9.69 Å². The van der Waals surface area contributed by atoms with Gasteiger partial charge in [-0.2, -0.15) is 8.78 Å². The van der Waals surface area contributed by atoms with Gasteiger partial charge in [-0.25, -0.2) is 0 Å². The SMILES string of the molecule is CC1(C(=O)O)CCCCN1Cc1ccc(OC(F)F)cc1. The largest absolute Gasteiger partial charge is 0.480 e. The quantitative estimate of drug-likeness (QED) is 0.907. The summed E-state index contributed by atoms with van der Waals surface area (Å²) >= 11 is 0. The average molecular weight is 299 g/mol. The van der Waals surface area contributed by atoms with Crippen LogP contribution >= 0.6 is 0 Å². The minimum atomic E-state index is -2.84. The topological polar surface area (TPSA) is 49.8 Å². The van der Waals surface area contributed by atoms with Gasteiger partial charge in [0.05, 0.1) is 0 Å². The number of rotatable bonds is 5. The van der Waals surface area contributed by atoms with E-state index < -0.39 is 18.1 Å². The van der Waals surface area contributed by atoms with Crippen molar-refractivity contribution in [1.29, 1.82) is 0 Å². The molecule has 0 saturated carbocycles. The Kier molecular flexibility index (Phi) is 4.77. The summed E-state index contributed by atoms with van der Waals surface area (Å²) in [6.07, 6.45) is 2.49. The molecule has 0 bridgehead atoms. The minimum absolute atomic E-state index is 0.105. The van der Waals surface area contributed by atoms with E-state index in [0.717, 1.165) is 24.9 Å². The van der Waals surface area contributed by atoms with Gasteiger partial charge in [0.1, 0.15) is 11.3 Å². The number of halogens is 2. The first kappa shape index (κ1) is 15.7. The first-order valence-electron chi connectivity index (χ1n) is 6.94. The molecule has 4 nitrogen and oxygen atoms in total. The highest BCUT2D eigenvalue weighted by atomic mass is 19.3. The van der Waals surface area contributed by atoms with Crippen LogP contribution in [0.3, 0.4) is 0 Å². The molecule has 1 aliphatic rings. The van der Waals surface area contributed by atoms with E-state index in [9.17, 15) is 18.7 Å². The molecule has 1 fully saturated rings. The maximum atomic E-state index is 12.1. The van der Waals surface area contributed by atoms with Crippen molar-refractivity contribution in [3.63, 3.8) is 0 Å². The summed E-state index contributed by atoms with van der Waals surface area (Å²) < 4.78 is 28.5. The number of alkyl halides is 2. The second kappa shape index (κ2) is 6.39. The lowest BCUT2D eigenvalue weighted by Crippen LogP contribution is -2.54. The molecule has 0 radical (unpaired) electrons. The lowest BCUT2D eigenvalue weighted by atomic mass is 9.88. The molecule has 0 aromatic heterocycles. The number of aliphatic carboxylic acids is 1. The Morgan fingerprint density at radius 3 is 2.62 bits per heavy atom. The molecule has 1 aromatic rings. The summed E-state index contributed by atoms with van der Waals surface area (Å²) in [6, 6.07) is 6.33. The molecule has 0 aliphatic carbocycles. The third-order valence-electron chi connectivity index (χ3n) is 4.02. The standard InChI is InChI=1S/C15H19F2NO3/c1-15(13(19)20)8-2-3-9-18(15)10-11-4-6-12(7-5-11)21-14(16)17/h4-7,14H,2-3,8-10H2,1H3,(H,19,20). The molecule has 1 aromatic carbocycles. The predicted molar refractivity (Wildman–Crippen MR) is 73.4 cm³/mol. The highest BCUT2D eigenvalue weighted by molar-refractivity contribution is 5.78. The van der Waals surface area contributed by atoms with Gasteiger partial charge < -0.3 is 9.84 Å². The van der Waals surface area contributed by atoms with Gasteiger partial charge in [0.25, 0.3) is 0 Å². The first-order valence-corrected chi connectivity index (χ1v) is 6.94. The summed E-state index contributed by atoms with van der Waals surface area (Å²) in [5.41, 5.74) is 0.0159. The number of benzene rings is 1. The van der Waals surface area contributed by atoms with Crippen LogP contribution in [0.25, 0.3) is 0 Å². The monoisotopic (exact) mass is 299 g/mol. The Labute approximate surface area is 122 Å². The number of carboxylic acids is 1. The molecule has 2 rings (SSSR count). The van der Waals surface area contributed by atoms with E-state index in [1.165, 1.54) is 12.1 Å². The highest BCUT2D eigenvalue weighted by Gasteiger charge is 2.41. The molecule has 1 N–H and O–H groups in total. The van der Waals surface area contributed by atoms with Crippen molar-refractivity contribution in [2.24, 2.45) is 0 Å². The third-order valence-corrected chi connectivity index (χ3v) is 4.02. The van der Waals surface area contributed by atoms with Gasteiger partial charge >= 0.3 is 12.6 Å². The van der Waals surface area contributed by atoms with E-state index in [1.54, 1.807) is 19.1 Å². The number of nitrogens with zero attached hydrogens (tertiary/aromatic N) is 1. The van der Waals surface area contributed by atoms with E-state index in [-0.39, 0.29) is 5.75 Å². The zero-order valence-electron chi connectivity index (χ0n) is 11.9. The zero-order valence-corrected chi connectivity index (χ0v) is 11.9. The molecule has 1 unspecified atom stereocenters. The summed E-state index contributed by atoms with van der Waals surface area (Å²) in [6.45, 7) is 0.103. The summed E-state index contributed by atoms with van der Waals surface area (Å²) in [7, 11) is 0. The summed E-state index contributed by atoms with van der Waals surface area (Å²) in [5.74, 6) is -0.715. The van der Waals surface area contributed by atoms with Crippen LogP contribution in [0.2, 0.25) is 0 Å². The Bertz CT molecular complexity index is 492. The van der Waals surface area contributed by atoms with E-state index >= 15 is 0 Å². The average Bonchev–Trinajstić information content (AvgIpc) is 2.43. The van der Waals surface area contributed by atoms with Crippen LogP contribution in [0.4, 0.5) is 8.78 Å². The second-order valence-corrected chi connectivity index (χ2v) is 5.48. The molecule has 1 atom stereocenters. The van der Waals surface area contributed by atoms with Gasteiger partial charge in [0.2, 0.25) is 0 Å². The van der Waals surface area contributed by atoms with Gasteiger partial charge in [-0.1, -0.05) is 12.1 Å². The van der Waals surface area contributed by atoms with E-state index in [1.807, 2.05) is 4.90 Å². The fourth-order valence-electron chi connectivity index (χ4n) is 2.67. The number of carboxylic acid groups (broad SMARTS) is 1. The number of hydrogen-bond donors (Lipinski definition) is 1. The van der Waals surface area contributed by atoms with Gasteiger partial charge in [-0.15, -0.1) is 0 Å². The third kappa shape index (κ3) is 3.69. The van der Waals surface area contributed by atoms with Crippen molar-refractivity contribution in [2.75, 3.05) is 6.54 Å². The van der Waals surface area contributed by atoms with Gasteiger partial charge in [-0.05, 0) is 50.4 Å². The molecule has 1 aliphatic heterocycles. The highest BCUT2D eigenvalue weighted by Crippen LogP contribution is 2.30. The number of likely N-dealkylation sites (tertiary alicyclic amines) is 1. The first-order chi connectivity index (χ1) is 9.91. The fourth-order valence-corrected chi connectivity index (χ4v) is 2.67. The molecule has 21 heavy (non-hydrogen) atoms. The molecular weight excluding hydrogens is 280 g/mol. The lowest BCUT2D eigenvalue weighted by Gasteiger charge is -2.41. The van der Waals surface area contributed by atoms with Gasteiger partial charge in [0, 0.05) is 6.54 Å². The zero-order chi connectivity index (χ0) is 15.5. The lowest BCUT2D eigenvalue weighted by molar-refractivity contribution is -0.153. The molecule has 116 valence electrons. The maximum Gasteiger partial charge on any atom is 0.387 e.